The van der Waals surface area contributed by atoms with Crippen molar-refractivity contribution < 1.29 is 14.7 Å². The first kappa shape index (κ1) is 15.2. The molecule has 5 heteroatoms. The second kappa shape index (κ2) is 6.89. The fourth-order valence-electron chi connectivity index (χ4n) is 1.84. The van der Waals surface area contributed by atoms with Crippen LogP contribution in [0.2, 0.25) is 0 Å². The number of aliphatic carboxylic acids is 1. The van der Waals surface area contributed by atoms with Crippen molar-refractivity contribution in [3.8, 4) is 0 Å². The molecule has 0 saturated carbocycles. The lowest BCUT2D eigenvalue weighted by atomic mass is 10.0. The van der Waals surface area contributed by atoms with Gasteiger partial charge in [-0.3, -0.25) is 9.59 Å². The van der Waals surface area contributed by atoms with Crippen molar-refractivity contribution in [2.45, 2.75) is 39.3 Å². The van der Waals surface area contributed by atoms with Crippen LogP contribution in [0.15, 0.2) is 18.2 Å². The number of nitrogens with two attached hydrogens (primary N) is 1. The summed E-state index contributed by atoms with van der Waals surface area (Å²) in [6, 6.07) is 5.16. The second-order valence-electron chi connectivity index (χ2n) is 4.64. The van der Waals surface area contributed by atoms with Gasteiger partial charge >= 0.3 is 5.97 Å². The summed E-state index contributed by atoms with van der Waals surface area (Å²) in [6.45, 7) is 4.48. The van der Waals surface area contributed by atoms with Crippen LogP contribution in [0.1, 0.15) is 29.5 Å². The zero-order valence-corrected chi connectivity index (χ0v) is 11.3. The summed E-state index contributed by atoms with van der Waals surface area (Å²) in [4.78, 5) is 21.8. The van der Waals surface area contributed by atoms with Gasteiger partial charge in [-0.15, -0.1) is 0 Å². The molecule has 0 aliphatic heterocycles. The Morgan fingerprint density at radius 2 is 2.05 bits per heavy atom. The second-order valence-corrected chi connectivity index (χ2v) is 4.64. The lowest BCUT2D eigenvalue weighted by Gasteiger charge is -2.15. The van der Waals surface area contributed by atoms with Crippen LogP contribution >= 0.6 is 0 Å². The van der Waals surface area contributed by atoms with Gasteiger partial charge in [-0.2, -0.15) is 0 Å². The third-order valence-corrected chi connectivity index (χ3v) is 3.23. The minimum atomic E-state index is -0.966. The summed E-state index contributed by atoms with van der Waals surface area (Å²) in [5.74, 6) is -1.45. The fourth-order valence-corrected chi connectivity index (χ4v) is 1.84. The highest BCUT2D eigenvalue weighted by Gasteiger charge is 2.17. The van der Waals surface area contributed by atoms with Gasteiger partial charge in [0.2, 0.25) is 5.91 Å². The normalized spacial score (nSPS) is 12.1. The van der Waals surface area contributed by atoms with E-state index in [0.717, 1.165) is 11.1 Å². The Morgan fingerprint density at radius 1 is 1.37 bits per heavy atom. The summed E-state index contributed by atoms with van der Waals surface area (Å²) in [6.07, 6.45) is 0.270. The van der Waals surface area contributed by atoms with Gasteiger partial charge in [0.25, 0.3) is 0 Å². The van der Waals surface area contributed by atoms with Crippen LogP contribution in [0.5, 0.6) is 0 Å². The minimum absolute atomic E-state index is 0.0662. The first-order chi connectivity index (χ1) is 8.91. The van der Waals surface area contributed by atoms with Gasteiger partial charge in [0.1, 0.15) is 6.04 Å². The molecule has 1 amide bonds. The number of benzene rings is 1. The van der Waals surface area contributed by atoms with E-state index in [1.807, 2.05) is 32.0 Å². The Hall–Kier alpha value is -1.88. The van der Waals surface area contributed by atoms with E-state index >= 15 is 0 Å². The Labute approximate surface area is 112 Å². The van der Waals surface area contributed by atoms with Crippen LogP contribution in [-0.4, -0.2) is 23.0 Å². The number of primary amides is 1. The highest BCUT2D eigenvalue weighted by atomic mass is 16.4. The van der Waals surface area contributed by atoms with Crippen LogP contribution in [0, 0.1) is 13.8 Å². The molecular formula is C14H20N2O3. The van der Waals surface area contributed by atoms with Crippen molar-refractivity contribution in [1.82, 2.24) is 5.32 Å². The highest BCUT2D eigenvalue weighted by Crippen LogP contribution is 2.12. The largest absolute Gasteiger partial charge is 0.480 e. The van der Waals surface area contributed by atoms with E-state index in [1.54, 1.807) is 0 Å². The molecule has 1 aromatic rings. The van der Waals surface area contributed by atoms with E-state index in [0.29, 0.717) is 6.54 Å². The van der Waals surface area contributed by atoms with Gasteiger partial charge in [-0.05, 0) is 37.0 Å². The third kappa shape index (κ3) is 4.71. The van der Waals surface area contributed by atoms with Crippen molar-refractivity contribution >= 4 is 11.9 Å². The maximum absolute atomic E-state index is 11.1. The standard InChI is InChI=1S/C14H20N2O3/c1-9-4-3-5-11(10(9)2)8-16-12(14(18)19)6-7-13(15)17/h3-5,12,16H,6-8H2,1-2H3,(H2,15,17)(H,18,19)/t12-/m0/s1. The number of carboxylic acid groups (broad SMARTS) is 1. The van der Waals surface area contributed by atoms with E-state index in [1.165, 1.54) is 5.56 Å². The van der Waals surface area contributed by atoms with Gasteiger partial charge in [-0.25, -0.2) is 0 Å². The molecule has 0 fully saturated rings. The Balaban J connectivity index is 2.63. The summed E-state index contributed by atoms with van der Waals surface area (Å²) in [5, 5.41) is 12.0. The number of aryl methyl sites for hydroxylation is 1. The Kier molecular flexibility index (Phi) is 5.51. The fraction of sp³-hybridized carbons (Fsp3) is 0.429. The Bertz CT molecular complexity index is 472. The van der Waals surface area contributed by atoms with Crippen molar-refractivity contribution in [3.05, 3.63) is 34.9 Å². The lowest BCUT2D eigenvalue weighted by Crippen LogP contribution is -2.37. The molecule has 0 spiro atoms. The first-order valence-electron chi connectivity index (χ1n) is 6.21. The number of carboxylic acids is 1. The maximum Gasteiger partial charge on any atom is 0.320 e. The summed E-state index contributed by atoms with van der Waals surface area (Å²) in [7, 11) is 0. The zero-order chi connectivity index (χ0) is 14.4. The van der Waals surface area contributed by atoms with Crippen LogP contribution in [0.3, 0.4) is 0 Å². The summed E-state index contributed by atoms with van der Waals surface area (Å²) < 4.78 is 0. The van der Waals surface area contributed by atoms with Crippen molar-refractivity contribution in [2.24, 2.45) is 5.73 Å². The molecule has 0 saturated heterocycles. The molecule has 0 radical (unpaired) electrons. The molecule has 0 unspecified atom stereocenters. The maximum atomic E-state index is 11.1. The first-order valence-corrected chi connectivity index (χ1v) is 6.21. The molecule has 0 aliphatic rings. The molecule has 0 bridgehead atoms. The van der Waals surface area contributed by atoms with E-state index in [9.17, 15) is 9.59 Å². The molecule has 19 heavy (non-hydrogen) atoms. The van der Waals surface area contributed by atoms with Crippen molar-refractivity contribution in [2.75, 3.05) is 0 Å². The van der Waals surface area contributed by atoms with Gasteiger partial charge in [0.15, 0.2) is 0 Å². The third-order valence-electron chi connectivity index (χ3n) is 3.23. The topological polar surface area (TPSA) is 92.4 Å². The predicted octanol–water partition coefficient (Wildman–Crippen LogP) is 1.11. The quantitative estimate of drug-likeness (QED) is 0.688. The summed E-state index contributed by atoms with van der Waals surface area (Å²) in [5.41, 5.74) is 8.41. The Morgan fingerprint density at radius 3 is 2.63 bits per heavy atom. The zero-order valence-electron chi connectivity index (χ0n) is 11.3. The molecule has 104 valence electrons. The van der Waals surface area contributed by atoms with Crippen molar-refractivity contribution in [3.63, 3.8) is 0 Å². The average Bonchev–Trinajstić information content (AvgIpc) is 2.33. The molecule has 1 aromatic carbocycles. The van der Waals surface area contributed by atoms with E-state index in [4.69, 9.17) is 10.8 Å². The van der Waals surface area contributed by atoms with Gasteiger partial charge in [-0.1, -0.05) is 18.2 Å². The highest BCUT2D eigenvalue weighted by molar-refractivity contribution is 5.77. The molecule has 0 aliphatic carbocycles. The van der Waals surface area contributed by atoms with Crippen LogP contribution in [-0.2, 0) is 16.1 Å². The summed E-state index contributed by atoms with van der Waals surface area (Å²) >= 11 is 0. The van der Waals surface area contributed by atoms with E-state index in [-0.39, 0.29) is 12.8 Å². The SMILES string of the molecule is Cc1cccc(CN[C@@H](CCC(N)=O)C(=O)O)c1C. The van der Waals surface area contributed by atoms with Gasteiger partial charge in [0.05, 0.1) is 0 Å². The van der Waals surface area contributed by atoms with Crippen LogP contribution in [0.25, 0.3) is 0 Å². The molecular weight excluding hydrogens is 244 g/mol. The lowest BCUT2D eigenvalue weighted by molar-refractivity contribution is -0.139. The van der Waals surface area contributed by atoms with Gasteiger partial charge in [0, 0.05) is 13.0 Å². The average molecular weight is 264 g/mol. The monoisotopic (exact) mass is 264 g/mol. The number of hydrogen-bond acceptors (Lipinski definition) is 3. The molecule has 4 N–H and O–H groups in total. The molecule has 0 aromatic heterocycles. The van der Waals surface area contributed by atoms with Crippen molar-refractivity contribution in [1.29, 1.82) is 0 Å². The molecule has 5 nitrogen and oxygen atoms in total. The molecule has 1 rings (SSSR count). The molecule has 0 heterocycles. The number of hydrogen-bond donors (Lipinski definition) is 3. The number of amides is 1. The smallest absolute Gasteiger partial charge is 0.320 e. The van der Waals surface area contributed by atoms with Crippen LogP contribution < -0.4 is 11.1 Å². The van der Waals surface area contributed by atoms with E-state index < -0.39 is 17.9 Å². The van der Waals surface area contributed by atoms with Gasteiger partial charge < -0.3 is 16.2 Å². The predicted molar refractivity (Wildman–Crippen MR) is 72.6 cm³/mol. The number of rotatable bonds is 7. The molecule has 1 atom stereocenters. The number of carbonyl (C=O) groups excluding carboxylic acids is 1. The van der Waals surface area contributed by atoms with Crippen LogP contribution in [0.4, 0.5) is 0 Å². The number of nitrogens with one attached hydrogen (secondary N) is 1. The number of carbonyl (C=O) groups is 2. The minimum Gasteiger partial charge on any atom is -0.480 e. The van der Waals surface area contributed by atoms with E-state index in [2.05, 4.69) is 5.32 Å².